The van der Waals surface area contributed by atoms with E-state index in [9.17, 15) is 9.59 Å². The molecule has 1 aliphatic rings. The van der Waals surface area contributed by atoms with Gasteiger partial charge in [-0.25, -0.2) is 9.67 Å². The Morgan fingerprint density at radius 3 is 2.61 bits per heavy atom. The fraction of sp³-hybridized carbons (Fsp3) is 0.360. The molecular formula is C25H28N6O2. The van der Waals surface area contributed by atoms with Crippen LogP contribution >= 0.6 is 0 Å². The predicted octanol–water partition coefficient (Wildman–Crippen LogP) is 2.96. The molecular weight excluding hydrogens is 416 g/mol. The van der Waals surface area contributed by atoms with E-state index in [4.69, 9.17) is 5.26 Å². The van der Waals surface area contributed by atoms with Gasteiger partial charge < -0.3 is 4.90 Å². The lowest BCUT2D eigenvalue weighted by Gasteiger charge is -2.42. The van der Waals surface area contributed by atoms with Crippen molar-refractivity contribution < 1.29 is 4.79 Å². The lowest BCUT2D eigenvalue weighted by atomic mass is 10.0. The predicted molar refractivity (Wildman–Crippen MR) is 126 cm³/mol. The summed E-state index contributed by atoms with van der Waals surface area (Å²) >= 11 is 0. The van der Waals surface area contributed by atoms with E-state index in [1.54, 1.807) is 36.5 Å². The summed E-state index contributed by atoms with van der Waals surface area (Å²) in [5.41, 5.74) is 2.91. The summed E-state index contributed by atoms with van der Waals surface area (Å²) in [5, 5.41) is 12.0. The molecule has 0 spiro atoms. The average Bonchev–Trinajstić information content (AvgIpc) is 3.19. The molecule has 8 heteroatoms. The van der Waals surface area contributed by atoms with Crippen molar-refractivity contribution in [1.82, 2.24) is 24.6 Å². The van der Waals surface area contributed by atoms with Crippen molar-refractivity contribution in [1.29, 1.82) is 5.26 Å². The van der Waals surface area contributed by atoms with Gasteiger partial charge in [0, 0.05) is 44.1 Å². The summed E-state index contributed by atoms with van der Waals surface area (Å²) in [6, 6.07) is 11.5. The van der Waals surface area contributed by atoms with E-state index in [2.05, 4.69) is 41.8 Å². The topological polar surface area (TPSA) is 98.0 Å². The number of aromatic nitrogens is 3. The number of aryl methyl sites for hydroxylation is 1. The Kier molecular flexibility index (Phi) is 6.16. The summed E-state index contributed by atoms with van der Waals surface area (Å²) in [4.78, 5) is 34.6. The normalized spacial score (nSPS) is 16.7. The molecule has 1 amide bonds. The molecule has 4 rings (SSSR count). The van der Waals surface area contributed by atoms with E-state index in [0.29, 0.717) is 47.7 Å². The number of hydrogen-bond donors (Lipinski definition) is 1. The lowest BCUT2D eigenvalue weighted by Crippen LogP contribution is -2.55. The molecule has 1 N–H and O–H groups in total. The summed E-state index contributed by atoms with van der Waals surface area (Å²) in [7, 11) is 0. The van der Waals surface area contributed by atoms with Gasteiger partial charge in [-0.1, -0.05) is 6.07 Å². The second-order valence-electron chi connectivity index (χ2n) is 8.81. The standard InChI is InChI=1S/C25H28N6O2/c1-16(2)30-10-9-29(15-18(30)4)24(32)20-6-8-23(27-13-20)31-25(33)22(14-28-31)21-7-5-19(12-26)11-17(21)3/h5-8,11,13-14,16,18,28H,9-10,15H2,1-4H3. The Morgan fingerprint density at radius 1 is 1.21 bits per heavy atom. The van der Waals surface area contributed by atoms with E-state index >= 15 is 0 Å². The molecule has 0 aliphatic carbocycles. The SMILES string of the molecule is Cc1cc(C#N)ccc1-c1c[nH]n(-c2ccc(C(=O)N3CCN(C(C)C)C(C)C3)cn2)c1=O. The van der Waals surface area contributed by atoms with Gasteiger partial charge in [-0.2, -0.15) is 5.26 Å². The largest absolute Gasteiger partial charge is 0.336 e. The van der Waals surface area contributed by atoms with Crippen LogP contribution in [0.2, 0.25) is 0 Å². The fourth-order valence-electron chi connectivity index (χ4n) is 4.52. The van der Waals surface area contributed by atoms with Gasteiger partial charge in [0.05, 0.1) is 22.8 Å². The molecule has 3 heterocycles. The number of nitrogens with zero attached hydrogens (tertiary/aromatic N) is 5. The van der Waals surface area contributed by atoms with Crippen LogP contribution in [0.1, 0.15) is 42.3 Å². The number of rotatable bonds is 4. The van der Waals surface area contributed by atoms with E-state index in [1.165, 1.54) is 10.9 Å². The van der Waals surface area contributed by atoms with Crippen LogP contribution in [0.25, 0.3) is 16.9 Å². The zero-order valence-electron chi connectivity index (χ0n) is 19.4. The Hall–Kier alpha value is -3.70. The summed E-state index contributed by atoms with van der Waals surface area (Å²) in [6.45, 7) is 10.6. The number of aromatic amines is 1. The van der Waals surface area contributed by atoms with Gasteiger partial charge in [-0.05, 0) is 63.1 Å². The monoisotopic (exact) mass is 444 g/mol. The van der Waals surface area contributed by atoms with Gasteiger partial charge in [-0.15, -0.1) is 0 Å². The minimum absolute atomic E-state index is 0.0444. The van der Waals surface area contributed by atoms with E-state index in [1.807, 2.05) is 11.8 Å². The van der Waals surface area contributed by atoms with Crippen molar-refractivity contribution in [3.05, 3.63) is 69.8 Å². The zero-order valence-corrected chi connectivity index (χ0v) is 19.4. The molecule has 0 radical (unpaired) electrons. The van der Waals surface area contributed by atoms with Gasteiger partial charge in [0.25, 0.3) is 11.5 Å². The maximum Gasteiger partial charge on any atom is 0.280 e. The van der Waals surface area contributed by atoms with Crippen molar-refractivity contribution in [2.45, 2.75) is 39.8 Å². The molecule has 0 bridgehead atoms. The Bertz CT molecular complexity index is 1270. The molecule has 1 aliphatic heterocycles. The van der Waals surface area contributed by atoms with Crippen molar-refractivity contribution in [2.24, 2.45) is 0 Å². The minimum atomic E-state index is -0.243. The highest BCUT2D eigenvalue weighted by Gasteiger charge is 2.28. The van der Waals surface area contributed by atoms with Crippen LogP contribution in [-0.4, -0.2) is 62.2 Å². The van der Waals surface area contributed by atoms with Crippen LogP contribution in [0, 0.1) is 18.3 Å². The van der Waals surface area contributed by atoms with Crippen LogP contribution in [0.4, 0.5) is 0 Å². The molecule has 2 aromatic heterocycles. The van der Waals surface area contributed by atoms with Crippen LogP contribution in [0.5, 0.6) is 0 Å². The molecule has 33 heavy (non-hydrogen) atoms. The van der Waals surface area contributed by atoms with E-state index in [0.717, 1.165) is 17.7 Å². The molecule has 1 atom stereocenters. The first-order valence-electron chi connectivity index (χ1n) is 11.1. The van der Waals surface area contributed by atoms with Crippen LogP contribution in [-0.2, 0) is 0 Å². The highest BCUT2D eigenvalue weighted by molar-refractivity contribution is 5.94. The smallest absolute Gasteiger partial charge is 0.280 e. The zero-order chi connectivity index (χ0) is 23.7. The highest BCUT2D eigenvalue weighted by Crippen LogP contribution is 2.22. The van der Waals surface area contributed by atoms with Gasteiger partial charge in [0.15, 0.2) is 5.82 Å². The Balaban J connectivity index is 1.53. The number of piperazine rings is 1. The molecule has 1 saturated heterocycles. The van der Waals surface area contributed by atoms with Crippen LogP contribution < -0.4 is 5.56 Å². The number of amides is 1. The Morgan fingerprint density at radius 2 is 2.00 bits per heavy atom. The molecule has 1 fully saturated rings. The molecule has 1 unspecified atom stereocenters. The average molecular weight is 445 g/mol. The van der Waals surface area contributed by atoms with Gasteiger partial charge >= 0.3 is 0 Å². The van der Waals surface area contributed by atoms with Crippen molar-refractivity contribution in [3.8, 4) is 23.0 Å². The number of nitrogens with one attached hydrogen (secondary N) is 1. The van der Waals surface area contributed by atoms with Crippen molar-refractivity contribution >= 4 is 5.91 Å². The number of H-pyrrole nitrogens is 1. The van der Waals surface area contributed by atoms with E-state index < -0.39 is 0 Å². The summed E-state index contributed by atoms with van der Waals surface area (Å²) in [5.74, 6) is 0.365. The first kappa shape index (κ1) is 22.5. The molecule has 8 nitrogen and oxygen atoms in total. The maximum atomic E-state index is 13.0. The summed E-state index contributed by atoms with van der Waals surface area (Å²) in [6.07, 6.45) is 3.16. The van der Waals surface area contributed by atoms with Gasteiger partial charge in [0.2, 0.25) is 0 Å². The number of benzene rings is 1. The number of carbonyl (C=O) groups excluding carboxylic acids is 1. The number of carbonyl (C=O) groups is 1. The highest BCUT2D eigenvalue weighted by atomic mass is 16.2. The van der Waals surface area contributed by atoms with Crippen molar-refractivity contribution in [3.63, 3.8) is 0 Å². The quantitative estimate of drug-likeness (QED) is 0.667. The number of nitriles is 1. The number of pyridine rings is 1. The Labute approximate surface area is 193 Å². The first-order chi connectivity index (χ1) is 15.8. The van der Waals surface area contributed by atoms with Gasteiger partial charge in [0.1, 0.15) is 0 Å². The second-order valence-corrected chi connectivity index (χ2v) is 8.81. The summed E-state index contributed by atoms with van der Waals surface area (Å²) < 4.78 is 1.35. The maximum absolute atomic E-state index is 13.0. The third-order valence-corrected chi connectivity index (χ3v) is 6.27. The minimum Gasteiger partial charge on any atom is -0.336 e. The lowest BCUT2D eigenvalue weighted by molar-refractivity contribution is 0.0426. The number of hydrogen-bond acceptors (Lipinski definition) is 5. The van der Waals surface area contributed by atoms with Gasteiger partial charge in [-0.3, -0.25) is 19.6 Å². The molecule has 3 aromatic rings. The van der Waals surface area contributed by atoms with Crippen LogP contribution in [0.3, 0.4) is 0 Å². The first-order valence-corrected chi connectivity index (χ1v) is 11.1. The molecule has 170 valence electrons. The third-order valence-electron chi connectivity index (χ3n) is 6.27. The molecule has 1 aromatic carbocycles. The second kappa shape index (κ2) is 9.04. The van der Waals surface area contributed by atoms with Crippen LogP contribution in [0.15, 0.2) is 47.5 Å². The van der Waals surface area contributed by atoms with Crippen molar-refractivity contribution in [2.75, 3.05) is 19.6 Å². The fourth-order valence-corrected chi connectivity index (χ4v) is 4.52. The molecule has 0 saturated carbocycles. The van der Waals surface area contributed by atoms with E-state index in [-0.39, 0.29) is 11.5 Å². The third kappa shape index (κ3) is 4.32.